The first-order valence-corrected chi connectivity index (χ1v) is 5.40. The van der Waals surface area contributed by atoms with Gasteiger partial charge in [0, 0.05) is 5.56 Å². The lowest BCUT2D eigenvalue weighted by molar-refractivity contribution is 0.267. The third-order valence-electron chi connectivity index (χ3n) is 2.57. The smallest absolute Gasteiger partial charge is 0.164 e. The Hall–Kier alpha value is -1.52. The first kappa shape index (κ1) is 13.5. The van der Waals surface area contributed by atoms with Gasteiger partial charge in [0.05, 0.1) is 26.9 Å². The van der Waals surface area contributed by atoms with Crippen LogP contribution in [0.1, 0.15) is 17.2 Å². The molecule has 1 aromatic rings. The zero-order chi connectivity index (χ0) is 12.8. The molecule has 94 valence electrons. The molecule has 0 unspecified atom stereocenters. The summed E-state index contributed by atoms with van der Waals surface area (Å²) in [5.74, 6) is 1.30. The SMILES string of the molecule is C=CCc1cc([C@H](N)CO)cc(OC)c1OC. The van der Waals surface area contributed by atoms with Gasteiger partial charge in [-0.25, -0.2) is 0 Å². The van der Waals surface area contributed by atoms with Crippen LogP contribution in [-0.4, -0.2) is 25.9 Å². The minimum absolute atomic E-state index is 0.108. The summed E-state index contributed by atoms with van der Waals surface area (Å²) in [4.78, 5) is 0. The van der Waals surface area contributed by atoms with Crippen molar-refractivity contribution in [1.82, 2.24) is 0 Å². The lowest BCUT2D eigenvalue weighted by Crippen LogP contribution is -2.15. The molecule has 0 radical (unpaired) electrons. The topological polar surface area (TPSA) is 64.7 Å². The highest BCUT2D eigenvalue weighted by Crippen LogP contribution is 2.34. The Kier molecular flexibility index (Phi) is 5.00. The summed E-state index contributed by atoms with van der Waals surface area (Å²) in [6.07, 6.45) is 2.44. The molecule has 1 rings (SSSR count). The second-order valence-corrected chi connectivity index (χ2v) is 3.70. The molecule has 0 saturated heterocycles. The molecule has 1 aromatic carbocycles. The molecule has 17 heavy (non-hydrogen) atoms. The third kappa shape index (κ3) is 2.99. The van der Waals surface area contributed by atoms with E-state index in [1.54, 1.807) is 26.4 Å². The maximum atomic E-state index is 9.08. The predicted molar refractivity (Wildman–Crippen MR) is 67.5 cm³/mol. The zero-order valence-electron chi connectivity index (χ0n) is 10.3. The standard InChI is InChI=1S/C13H19NO3/c1-4-5-9-6-10(11(14)8-15)7-12(16-2)13(9)17-3/h4,6-7,11,15H,1,5,8,14H2,2-3H3/t11-/m1/s1. The first-order valence-electron chi connectivity index (χ1n) is 5.40. The van der Waals surface area contributed by atoms with Crippen molar-refractivity contribution in [3.63, 3.8) is 0 Å². The van der Waals surface area contributed by atoms with E-state index in [2.05, 4.69) is 6.58 Å². The van der Waals surface area contributed by atoms with Crippen LogP contribution >= 0.6 is 0 Å². The Bertz CT molecular complexity index is 390. The molecule has 1 atom stereocenters. The van der Waals surface area contributed by atoms with E-state index in [4.69, 9.17) is 20.3 Å². The van der Waals surface area contributed by atoms with Gasteiger partial charge in [0.15, 0.2) is 11.5 Å². The molecular weight excluding hydrogens is 218 g/mol. The summed E-state index contributed by atoms with van der Waals surface area (Å²) in [6.45, 7) is 3.60. The van der Waals surface area contributed by atoms with Crippen molar-refractivity contribution < 1.29 is 14.6 Å². The van der Waals surface area contributed by atoms with E-state index in [1.165, 1.54) is 0 Å². The lowest BCUT2D eigenvalue weighted by atomic mass is 10.0. The highest BCUT2D eigenvalue weighted by Gasteiger charge is 2.14. The number of nitrogens with two attached hydrogens (primary N) is 1. The normalized spacial score (nSPS) is 12.0. The van der Waals surface area contributed by atoms with E-state index < -0.39 is 6.04 Å². The monoisotopic (exact) mass is 237 g/mol. The predicted octanol–water partition coefficient (Wildman–Crippen LogP) is 1.42. The average Bonchev–Trinajstić information content (AvgIpc) is 2.37. The van der Waals surface area contributed by atoms with Gasteiger partial charge in [0.1, 0.15) is 0 Å². The Balaban J connectivity index is 3.28. The van der Waals surface area contributed by atoms with E-state index in [0.29, 0.717) is 17.9 Å². The fourth-order valence-electron chi connectivity index (χ4n) is 1.69. The van der Waals surface area contributed by atoms with E-state index in [9.17, 15) is 0 Å². The van der Waals surface area contributed by atoms with Gasteiger partial charge < -0.3 is 20.3 Å². The fourth-order valence-corrected chi connectivity index (χ4v) is 1.69. The molecule has 0 amide bonds. The van der Waals surface area contributed by atoms with Crippen molar-refractivity contribution in [2.24, 2.45) is 5.73 Å². The van der Waals surface area contributed by atoms with Crippen LogP contribution in [0.25, 0.3) is 0 Å². The van der Waals surface area contributed by atoms with Crippen LogP contribution in [0.3, 0.4) is 0 Å². The summed E-state index contributed by atoms with van der Waals surface area (Å²) >= 11 is 0. The first-order chi connectivity index (χ1) is 8.17. The maximum Gasteiger partial charge on any atom is 0.164 e. The minimum atomic E-state index is -0.418. The summed E-state index contributed by atoms with van der Waals surface area (Å²) in [6, 6.07) is 3.27. The fraction of sp³-hybridized carbons (Fsp3) is 0.385. The molecule has 0 spiro atoms. The molecule has 4 heteroatoms. The number of rotatable bonds is 6. The van der Waals surface area contributed by atoms with Crippen molar-refractivity contribution in [1.29, 1.82) is 0 Å². The largest absolute Gasteiger partial charge is 0.493 e. The number of aliphatic hydroxyl groups is 1. The molecular formula is C13H19NO3. The lowest BCUT2D eigenvalue weighted by Gasteiger charge is -2.16. The molecule has 0 fully saturated rings. The molecule has 0 aliphatic rings. The molecule has 0 saturated carbocycles. The number of hydrogen-bond acceptors (Lipinski definition) is 4. The van der Waals surface area contributed by atoms with Crippen LogP contribution in [0, 0.1) is 0 Å². The van der Waals surface area contributed by atoms with Gasteiger partial charge in [-0.15, -0.1) is 6.58 Å². The zero-order valence-corrected chi connectivity index (χ0v) is 10.3. The Morgan fingerprint density at radius 2 is 2.12 bits per heavy atom. The van der Waals surface area contributed by atoms with Gasteiger partial charge in [-0.05, 0) is 24.1 Å². The van der Waals surface area contributed by atoms with Crippen LogP contribution in [0.15, 0.2) is 24.8 Å². The van der Waals surface area contributed by atoms with Crippen molar-refractivity contribution in [2.75, 3.05) is 20.8 Å². The van der Waals surface area contributed by atoms with Gasteiger partial charge in [-0.1, -0.05) is 6.08 Å². The molecule has 4 nitrogen and oxygen atoms in total. The van der Waals surface area contributed by atoms with Crippen molar-refractivity contribution >= 4 is 0 Å². The van der Waals surface area contributed by atoms with Crippen LogP contribution in [0.4, 0.5) is 0 Å². The molecule has 0 aliphatic heterocycles. The Morgan fingerprint density at radius 3 is 2.59 bits per heavy atom. The number of ether oxygens (including phenoxy) is 2. The summed E-state index contributed by atoms with van der Waals surface area (Å²) in [7, 11) is 3.17. The van der Waals surface area contributed by atoms with Crippen LogP contribution in [0.2, 0.25) is 0 Å². The quantitative estimate of drug-likeness (QED) is 0.734. The van der Waals surface area contributed by atoms with Gasteiger partial charge in [-0.2, -0.15) is 0 Å². The van der Waals surface area contributed by atoms with Gasteiger partial charge in [-0.3, -0.25) is 0 Å². The average molecular weight is 237 g/mol. The minimum Gasteiger partial charge on any atom is -0.493 e. The number of allylic oxidation sites excluding steroid dienone is 1. The highest BCUT2D eigenvalue weighted by atomic mass is 16.5. The van der Waals surface area contributed by atoms with Crippen LogP contribution in [0.5, 0.6) is 11.5 Å². The second kappa shape index (κ2) is 6.27. The summed E-state index contributed by atoms with van der Waals surface area (Å²) in [5.41, 5.74) is 7.57. The Morgan fingerprint density at radius 1 is 1.41 bits per heavy atom. The maximum absolute atomic E-state index is 9.08. The van der Waals surface area contributed by atoms with E-state index in [1.807, 2.05) is 6.07 Å². The molecule has 0 aromatic heterocycles. The Labute approximate surface area is 102 Å². The highest BCUT2D eigenvalue weighted by molar-refractivity contribution is 5.50. The van der Waals surface area contributed by atoms with Crippen LogP contribution in [-0.2, 0) is 6.42 Å². The van der Waals surface area contributed by atoms with Crippen molar-refractivity contribution in [3.05, 3.63) is 35.9 Å². The number of hydrogen-bond donors (Lipinski definition) is 2. The molecule has 0 aliphatic carbocycles. The number of methoxy groups -OCH3 is 2. The van der Waals surface area contributed by atoms with E-state index in [0.717, 1.165) is 11.1 Å². The van der Waals surface area contributed by atoms with E-state index in [-0.39, 0.29) is 6.61 Å². The van der Waals surface area contributed by atoms with Gasteiger partial charge in [0.25, 0.3) is 0 Å². The third-order valence-corrected chi connectivity index (χ3v) is 2.57. The van der Waals surface area contributed by atoms with E-state index >= 15 is 0 Å². The summed E-state index contributed by atoms with van der Waals surface area (Å²) in [5, 5.41) is 9.08. The van der Waals surface area contributed by atoms with Crippen molar-refractivity contribution in [3.8, 4) is 11.5 Å². The van der Waals surface area contributed by atoms with Gasteiger partial charge in [0.2, 0.25) is 0 Å². The molecule has 0 bridgehead atoms. The van der Waals surface area contributed by atoms with Crippen molar-refractivity contribution in [2.45, 2.75) is 12.5 Å². The second-order valence-electron chi connectivity index (χ2n) is 3.70. The molecule has 0 heterocycles. The summed E-state index contributed by atoms with van der Waals surface area (Å²) < 4.78 is 10.6. The molecule has 3 N–H and O–H groups in total. The number of benzene rings is 1. The van der Waals surface area contributed by atoms with Gasteiger partial charge >= 0.3 is 0 Å². The number of aliphatic hydroxyl groups excluding tert-OH is 1. The van der Waals surface area contributed by atoms with Crippen LogP contribution < -0.4 is 15.2 Å².